The number of aryl methyl sites for hydroxylation is 2. The van der Waals surface area contributed by atoms with Gasteiger partial charge < -0.3 is 10.4 Å². The van der Waals surface area contributed by atoms with Crippen LogP contribution in [0.5, 0.6) is 0 Å². The molecule has 3 rings (SSSR count). The summed E-state index contributed by atoms with van der Waals surface area (Å²) in [6.45, 7) is 3.44. The molecule has 0 saturated heterocycles. The summed E-state index contributed by atoms with van der Waals surface area (Å²) in [6.07, 6.45) is 0.116. The number of carbonyl (C=O) groups excluding carboxylic acids is 2. The van der Waals surface area contributed by atoms with Crippen molar-refractivity contribution in [1.82, 2.24) is 25.2 Å². The average Bonchev–Trinajstić information content (AvgIpc) is 3.12. The number of rotatable bonds is 4. The van der Waals surface area contributed by atoms with Gasteiger partial charge >= 0.3 is 6.09 Å². The second kappa shape index (κ2) is 9.77. The van der Waals surface area contributed by atoms with Gasteiger partial charge in [0.15, 0.2) is 5.82 Å². The number of hydrogen-bond donors (Lipinski definition) is 3. The van der Waals surface area contributed by atoms with Crippen molar-refractivity contribution >= 4 is 62.7 Å². The lowest BCUT2D eigenvalue weighted by Crippen LogP contribution is -2.42. The van der Waals surface area contributed by atoms with E-state index in [1.807, 2.05) is 5.43 Å². The van der Waals surface area contributed by atoms with Crippen molar-refractivity contribution < 1.29 is 19.5 Å². The summed E-state index contributed by atoms with van der Waals surface area (Å²) in [5.41, 5.74) is 3.40. The first-order valence-corrected chi connectivity index (χ1v) is 10.8. The number of pyridine rings is 1. The fourth-order valence-electron chi connectivity index (χ4n) is 2.98. The van der Waals surface area contributed by atoms with Gasteiger partial charge in [-0.1, -0.05) is 23.2 Å². The van der Waals surface area contributed by atoms with E-state index in [-0.39, 0.29) is 27.8 Å². The third-order valence-electron chi connectivity index (χ3n) is 4.51. The first-order valence-electron chi connectivity index (χ1n) is 9.25. The smallest absolute Gasteiger partial charge is 0.423 e. The maximum atomic E-state index is 13.2. The predicted octanol–water partition coefficient (Wildman–Crippen LogP) is 4.46. The van der Waals surface area contributed by atoms with Gasteiger partial charge in [0.2, 0.25) is 0 Å². The molecule has 3 amide bonds. The van der Waals surface area contributed by atoms with Gasteiger partial charge in [0.05, 0.1) is 16.3 Å². The second-order valence-corrected chi connectivity index (χ2v) is 8.54. The lowest BCUT2D eigenvalue weighted by atomic mass is 10.1. The van der Waals surface area contributed by atoms with E-state index in [2.05, 4.69) is 31.3 Å². The molecular formula is C20H17BrCl2N6O4. The standard InChI is InChI=1S/C20H17BrCl2N6O4/c1-9-4-5-24-17(15(9)23)29-13(8-14(21)26-29)18(30)25-16-10(2)6-11(22)7-12(16)19(31)28(3)27-20(32)33/h4-8,27H,1-3H3,(H,25,30)(H,32,33). The number of anilines is 1. The second-order valence-electron chi connectivity index (χ2n) is 6.91. The van der Waals surface area contributed by atoms with E-state index in [4.69, 9.17) is 28.3 Å². The molecule has 0 saturated carbocycles. The number of nitrogens with one attached hydrogen (secondary N) is 2. The Balaban J connectivity index is 2.04. The Labute approximate surface area is 206 Å². The zero-order chi connectivity index (χ0) is 24.4. The van der Waals surface area contributed by atoms with Crippen molar-refractivity contribution in [1.29, 1.82) is 0 Å². The fourth-order valence-corrected chi connectivity index (χ4v) is 3.82. The van der Waals surface area contributed by atoms with Gasteiger partial charge in [-0.25, -0.2) is 19.9 Å². The Morgan fingerprint density at radius 3 is 2.52 bits per heavy atom. The number of nitrogens with zero attached hydrogens (tertiary/aromatic N) is 4. The largest absolute Gasteiger partial charge is 0.464 e. The molecule has 0 unspecified atom stereocenters. The fraction of sp³-hybridized carbons (Fsp3) is 0.150. The first-order chi connectivity index (χ1) is 15.5. The van der Waals surface area contributed by atoms with Crippen molar-refractivity contribution in [3.63, 3.8) is 0 Å². The van der Waals surface area contributed by atoms with Crippen molar-refractivity contribution in [2.45, 2.75) is 13.8 Å². The molecule has 1 aromatic carbocycles. The van der Waals surface area contributed by atoms with E-state index >= 15 is 0 Å². The molecule has 0 bridgehead atoms. The van der Waals surface area contributed by atoms with E-state index in [1.54, 1.807) is 32.2 Å². The maximum absolute atomic E-state index is 13.2. The molecule has 0 radical (unpaired) electrons. The highest BCUT2D eigenvalue weighted by atomic mass is 79.9. The van der Waals surface area contributed by atoms with Gasteiger partial charge in [-0.2, -0.15) is 5.10 Å². The molecule has 172 valence electrons. The molecule has 0 spiro atoms. The molecule has 10 nitrogen and oxygen atoms in total. The Hall–Kier alpha value is -3.15. The van der Waals surface area contributed by atoms with Gasteiger partial charge in [-0.05, 0) is 59.1 Å². The van der Waals surface area contributed by atoms with Gasteiger partial charge in [0.25, 0.3) is 11.8 Å². The van der Waals surface area contributed by atoms with Crippen molar-refractivity contribution in [2.24, 2.45) is 0 Å². The first kappa shape index (κ1) is 24.5. The van der Waals surface area contributed by atoms with Gasteiger partial charge in [-0.3, -0.25) is 14.6 Å². The summed E-state index contributed by atoms with van der Waals surface area (Å²) in [6, 6.07) is 6.09. The van der Waals surface area contributed by atoms with Crippen LogP contribution in [0.25, 0.3) is 5.82 Å². The van der Waals surface area contributed by atoms with Crippen LogP contribution in [0.15, 0.2) is 35.1 Å². The average molecular weight is 556 g/mol. The Bertz CT molecular complexity index is 1280. The van der Waals surface area contributed by atoms with Crippen LogP contribution in [0.2, 0.25) is 10.0 Å². The molecule has 0 fully saturated rings. The van der Waals surface area contributed by atoms with E-state index in [0.717, 1.165) is 10.6 Å². The third-order valence-corrected chi connectivity index (χ3v) is 5.59. The molecule has 33 heavy (non-hydrogen) atoms. The van der Waals surface area contributed by atoms with E-state index in [1.165, 1.54) is 23.9 Å². The van der Waals surface area contributed by atoms with Crippen LogP contribution in [-0.2, 0) is 0 Å². The minimum atomic E-state index is -1.42. The molecule has 0 aliphatic rings. The molecule has 3 N–H and O–H groups in total. The summed E-state index contributed by atoms with van der Waals surface area (Å²) < 4.78 is 1.64. The zero-order valence-corrected chi connectivity index (χ0v) is 20.6. The number of carbonyl (C=O) groups is 3. The molecule has 0 atom stereocenters. The summed E-state index contributed by atoms with van der Waals surface area (Å²) in [4.78, 5) is 41.2. The predicted molar refractivity (Wildman–Crippen MR) is 126 cm³/mol. The number of halogens is 3. The summed E-state index contributed by atoms with van der Waals surface area (Å²) >= 11 is 15.7. The molecule has 2 heterocycles. The Kier molecular flexibility index (Phi) is 7.25. The minimum absolute atomic E-state index is 0.0126. The van der Waals surface area contributed by atoms with Gasteiger partial charge in [0.1, 0.15) is 10.3 Å². The molecule has 3 aromatic rings. The quantitative estimate of drug-likeness (QED) is 0.407. The number of aromatic nitrogens is 3. The summed E-state index contributed by atoms with van der Waals surface area (Å²) in [5.74, 6) is -1.08. The van der Waals surface area contributed by atoms with Crippen molar-refractivity contribution in [3.8, 4) is 5.82 Å². The SMILES string of the molecule is Cc1ccnc(-n2nc(Br)cc2C(=O)Nc2c(C)cc(Cl)cc2C(=O)N(C)NC(=O)O)c1Cl. The minimum Gasteiger partial charge on any atom is -0.464 e. The molecule has 13 heteroatoms. The van der Waals surface area contributed by atoms with E-state index < -0.39 is 17.9 Å². The molecular weight excluding hydrogens is 539 g/mol. The van der Waals surface area contributed by atoms with Crippen LogP contribution in [0.3, 0.4) is 0 Å². The maximum Gasteiger partial charge on any atom is 0.423 e. The third kappa shape index (κ3) is 5.27. The van der Waals surface area contributed by atoms with Gasteiger partial charge in [0, 0.05) is 24.3 Å². The van der Waals surface area contributed by atoms with E-state index in [0.29, 0.717) is 15.2 Å². The molecule has 2 aromatic heterocycles. The van der Waals surface area contributed by atoms with Crippen LogP contribution in [-0.4, -0.2) is 49.8 Å². The number of carboxylic acid groups (broad SMARTS) is 1. The summed E-state index contributed by atoms with van der Waals surface area (Å²) in [5, 5.41) is 17.2. The lowest BCUT2D eigenvalue weighted by Gasteiger charge is -2.20. The van der Waals surface area contributed by atoms with Crippen molar-refractivity contribution in [2.75, 3.05) is 12.4 Å². The van der Waals surface area contributed by atoms with Crippen LogP contribution >= 0.6 is 39.1 Å². The van der Waals surface area contributed by atoms with Crippen molar-refractivity contribution in [3.05, 3.63) is 67.5 Å². The number of benzene rings is 1. The van der Waals surface area contributed by atoms with Crippen LogP contribution < -0.4 is 10.7 Å². The number of hydrazine groups is 1. The van der Waals surface area contributed by atoms with Crippen LogP contribution in [0.4, 0.5) is 10.5 Å². The number of hydrogen-bond acceptors (Lipinski definition) is 5. The molecule has 0 aliphatic heterocycles. The molecule has 0 aliphatic carbocycles. The van der Waals surface area contributed by atoms with E-state index in [9.17, 15) is 14.4 Å². The highest BCUT2D eigenvalue weighted by Crippen LogP contribution is 2.29. The van der Waals surface area contributed by atoms with Gasteiger partial charge in [-0.15, -0.1) is 0 Å². The topological polar surface area (TPSA) is 129 Å². The number of amides is 3. The van der Waals surface area contributed by atoms with Crippen LogP contribution in [0.1, 0.15) is 32.0 Å². The summed E-state index contributed by atoms with van der Waals surface area (Å²) in [7, 11) is 1.23. The monoisotopic (exact) mass is 554 g/mol. The van der Waals surface area contributed by atoms with Crippen LogP contribution in [0, 0.1) is 13.8 Å². The highest BCUT2D eigenvalue weighted by Gasteiger charge is 2.24. The Morgan fingerprint density at radius 2 is 1.85 bits per heavy atom. The normalized spacial score (nSPS) is 10.6. The highest BCUT2D eigenvalue weighted by molar-refractivity contribution is 9.10. The lowest BCUT2D eigenvalue weighted by molar-refractivity contribution is 0.0706. The zero-order valence-electron chi connectivity index (χ0n) is 17.5. The Morgan fingerprint density at radius 1 is 1.15 bits per heavy atom.